The first kappa shape index (κ1) is 22.4. The van der Waals surface area contributed by atoms with Crippen molar-refractivity contribution in [3.8, 4) is 0 Å². The molecule has 0 aromatic heterocycles. The topological polar surface area (TPSA) is 108 Å². The van der Waals surface area contributed by atoms with Crippen molar-refractivity contribution < 1.29 is 31.8 Å². The molecular weight excluding hydrogens is 418 g/mol. The maximum Gasteiger partial charge on any atom is 0.367 e. The molecule has 10 heteroatoms. The normalized spacial score (nSPS) is 11.6. The van der Waals surface area contributed by atoms with E-state index in [1.54, 1.807) is 12.1 Å². The van der Waals surface area contributed by atoms with E-state index >= 15 is 0 Å². The van der Waals surface area contributed by atoms with Crippen molar-refractivity contribution in [2.75, 3.05) is 14.2 Å². The Bertz CT molecular complexity index is 998. The smallest absolute Gasteiger partial charge is 0.367 e. The van der Waals surface area contributed by atoms with Crippen molar-refractivity contribution in [3.63, 3.8) is 0 Å². The maximum atomic E-state index is 12.2. The summed E-state index contributed by atoms with van der Waals surface area (Å²) in [5.74, 6) is -1.86. The van der Waals surface area contributed by atoms with Gasteiger partial charge in [-0.05, 0) is 36.8 Å². The molecule has 29 heavy (non-hydrogen) atoms. The highest BCUT2D eigenvalue weighted by Gasteiger charge is 2.19. The van der Waals surface area contributed by atoms with Gasteiger partial charge in [0.2, 0.25) is 5.04 Å². The molecule has 0 aliphatic carbocycles. The summed E-state index contributed by atoms with van der Waals surface area (Å²) in [6, 6.07) is 13.0. The molecule has 0 amide bonds. The molecule has 154 valence electrons. The van der Waals surface area contributed by atoms with Crippen LogP contribution in [0, 0.1) is 6.92 Å². The number of thioether (sulfide) groups is 1. The van der Waals surface area contributed by atoms with Gasteiger partial charge in [0.25, 0.3) is 0 Å². The van der Waals surface area contributed by atoms with Crippen LogP contribution in [0.1, 0.15) is 21.5 Å². The lowest BCUT2D eigenvalue weighted by atomic mass is 10.1. The van der Waals surface area contributed by atoms with E-state index in [1.165, 1.54) is 31.4 Å². The van der Waals surface area contributed by atoms with Crippen LogP contribution in [-0.4, -0.2) is 39.6 Å². The average Bonchev–Trinajstić information content (AvgIpc) is 2.71. The molecule has 0 unspecified atom stereocenters. The summed E-state index contributed by atoms with van der Waals surface area (Å²) in [6.07, 6.45) is 0. The molecule has 0 aliphatic rings. The van der Waals surface area contributed by atoms with E-state index in [0.29, 0.717) is 10.5 Å². The molecule has 0 fully saturated rings. The quantitative estimate of drug-likeness (QED) is 0.223. The lowest BCUT2D eigenvalue weighted by Crippen LogP contribution is -2.15. The number of ether oxygens (including phenoxy) is 2. The molecule has 0 saturated carbocycles. The molecule has 0 saturated heterocycles. The molecular formula is C19H19NO7S2. The van der Waals surface area contributed by atoms with E-state index < -0.39 is 27.8 Å². The van der Waals surface area contributed by atoms with Gasteiger partial charge < -0.3 is 9.47 Å². The molecule has 0 bridgehead atoms. The number of nitrogens with zero attached hydrogens (tertiary/aromatic N) is 1. The second-order valence-electron chi connectivity index (χ2n) is 5.77. The Kier molecular flexibility index (Phi) is 7.80. The highest BCUT2D eigenvalue weighted by atomic mass is 32.2. The van der Waals surface area contributed by atoms with Gasteiger partial charge in [-0.2, -0.15) is 8.42 Å². The predicted octanol–water partition coefficient (Wildman–Crippen LogP) is 2.91. The standard InChI is InChI=1S/C19H19NO7S2/c1-13-4-10-16(11-5-13)28-17(19(22)26-3)20-27-29(23,24)12-14-6-8-15(9-7-14)18(21)25-2/h4-11H,12H2,1-3H3. The Morgan fingerprint density at radius 1 is 0.966 bits per heavy atom. The Labute approximate surface area is 173 Å². The number of oxime groups is 1. The van der Waals surface area contributed by atoms with E-state index in [1.807, 2.05) is 19.1 Å². The van der Waals surface area contributed by atoms with Crippen LogP contribution >= 0.6 is 11.8 Å². The van der Waals surface area contributed by atoms with Gasteiger partial charge >= 0.3 is 22.1 Å². The molecule has 2 rings (SSSR count). The lowest BCUT2D eigenvalue weighted by molar-refractivity contribution is -0.132. The summed E-state index contributed by atoms with van der Waals surface area (Å²) >= 11 is 0.919. The van der Waals surface area contributed by atoms with E-state index in [0.717, 1.165) is 24.4 Å². The second kappa shape index (κ2) is 10.1. The van der Waals surface area contributed by atoms with E-state index in [-0.39, 0.29) is 10.6 Å². The first-order valence-electron chi connectivity index (χ1n) is 8.23. The molecule has 0 heterocycles. The first-order chi connectivity index (χ1) is 13.7. The first-order valence-corrected chi connectivity index (χ1v) is 10.6. The van der Waals surface area contributed by atoms with Gasteiger partial charge in [0.05, 0.1) is 19.8 Å². The van der Waals surface area contributed by atoms with E-state index in [9.17, 15) is 18.0 Å². The zero-order chi connectivity index (χ0) is 21.4. The van der Waals surface area contributed by atoms with E-state index in [2.05, 4.69) is 18.9 Å². The van der Waals surface area contributed by atoms with Crippen molar-refractivity contribution >= 4 is 38.9 Å². The van der Waals surface area contributed by atoms with Gasteiger partial charge in [-0.3, -0.25) is 4.28 Å². The predicted molar refractivity (Wildman–Crippen MR) is 108 cm³/mol. The Hall–Kier alpha value is -2.85. The highest BCUT2D eigenvalue weighted by molar-refractivity contribution is 8.15. The zero-order valence-corrected chi connectivity index (χ0v) is 17.6. The van der Waals surface area contributed by atoms with Crippen LogP contribution in [-0.2, 0) is 34.4 Å². The number of hydrogen-bond donors (Lipinski definition) is 0. The number of aryl methyl sites for hydroxylation is 1. The van der Waals surface area contributed by atoms with Gasteiger partial charge in [-0.1, -0.05) is 46.7 Å². The molecule has 0 atom stereocenters. The van der Waals surface area contributed by atoms with Crippen LogP contribution in [0.4, 0.5) is 0 Å². The van der Waals surface area contributed by atoms with Crippen LogP contribution < -0.4 is 0 Å². The van der Waals surface area contributed by atoms with Gasteiger partial charge in [0, 0.05) is 4.90 Å². The second-order valence-corrected chi connectivity index (χ2v) is 8.38. The Morgan fingerprint density at radius 3 is 2.14 bits per heavy atom. The zero-order valence-electron chi connectivity index (χ0n) is 15.9. The molecule has 2 aromatic rings. The molecule has 2 aromatic carbocycles. The van der Waals surface area contributed by atoms with Crippen molar-refractivity contribution in [2.45, 2.75) is 17.6 Å². The Morgan fingerprint density at radius 2 is 1.59 bits per heavy atom. The van der Waals surface area contributed by atoms with Gasteiger partial charge in [-0.15, -0.1) is 0 Å². The van der Waals surface area contributed by atoms with Crippen LogP contribution in [0.2, 0.25) is 0 Å². The molecule has 0 radical (unpaired) electrons. The summed E-state index contributed by atoms with van der Waals surface area (Å²) in [5, 5.41) is 3.22. The summed E-state index contributed by atoms with van der Waals surface area (Å²) < 4.78 is 38.3. The van der Waals surface area contributed by atoms with Gasteiger partial charge in [0.1, 0.15) is 5.75 Å². The van der Waals surface area contributed by atoms with E-state index in [4.69, 9.17) is 0 Å². The van der Waals surface area contributed by atoms with Crippen LogP contribution in [0.5, 0.6) is 0 Å². The number of carbonyl (C=O) groups excluding carboxylic acids is 2. The van der Waals surface area contributed by atoms with Gasteiger partial charge in [0.15, 0.2) is 0 Å². The van der Waals surface area contributed by atoms with Crippen LogP contribution in [0.25, 0.3) is 0 Å². The summed E-state index contributed by atoms with van der Waals surface area (Å²) in [4.78, 5) is 24.0. The maximum absolute atomic E-state index is 12.2. The fourth-order valence-corrected chi connectivity index (χ4v) is 3.70. The van der Waals surface area contributed by atoms with Crippen LogP contribution in [0.15, 0.2) is 58.6 Å². The number of carbonyl (C=O) groups is 2. The summed E-state index contributed by atoms with van der Waals surface area (Å²) in [7, 11) is -1.73. The number of esters is 2. The van der Waals surface area contributed by atoms with Crippen LogP contribution in [0.3, 0.4) is 0 Å². The third-order valence-electron chi connectivity index (χ3n) is 3.55. The number of rotatable bonds is 6. The number of hydrogen-bond acceptors (Lipinski definition) is 9. The van der Waals surface area contributed by atoms with Crippen molar-refractivity contribution in [1.82, 2.24) is 0 Å². The molecule has 0 spiro atoms. The fraction of sp³-hybridized carbons (Fsp3) is 0.211. The fourth-order valence-electron chi connectivity index (χ4n) is 2.08. The molecule has 0 aliphatic heterocycles. The summed E-state index contributed by atoms with van der Waals surface area (Å²) in [5.41, 5.74) is 1.69. The lowest BCUT2D eigenvalue weighted by Gasteiger charge is -2.06. The molecule has 8 nitrogen and oxygen atoms in total. The third kappa shape index (κ3) is 6.91. The minimum atomic E-state index is -4.13. The SMILES string of the molecule is COC(=O)C(=NOS(=O)(=O)Cc1ccc(C(=O)OC)cc1)Sc1ccc(C)cc1. The number of methoxy groups -OCH3 is 2. The minimum Gasteiger partial charge on any atom is -0.465 e. The van der Waals surface area contributed by atoms with Crippen molar-refractivity contribution in [3.05, 3.63) is 65.2 Å². The van der Waals surface area contributed by atoms with Gasteiger partial charge in [-0.25, -0.2) is 9.59 Å². The summed E-state index contributed by atoms with van der Waals surface area (Å²) in [6.45, 7) is 1.91. The minimum absolute atomic E-state index is 0.263. The molecule has 0 N–H and O–H groups in total. The largest absolute Gasteiger partial charge is 0.465 e. The van der Waals surface area contributed by atoms with Crippen molar-refractivity contribution in [2.24, 2.45) is 5.16 Å². The van der Waals surface area contributed by atoms with Crippen molar-refractivity contribution in [1.29, 1.82) is 0 Å². The number of benzene rings is 2. The average molecular weight is 437 g/mol. The Balaban J connectivity index is 2.12. The monoisotopic (exact) mass is 437 g/mol. The highest BCUT2D eigenvalue weighted by Crippen LogP contribution is 2.21. The third-order valence-corrected chi connectivity index (χ3v) is 5.48.